The number of benzene rings is 1. The lowest BCUT2D eigenvalue weighted by molar-refractivity contribution is 0.117. The molecule has 0 amide bonds. The van der Waals surface area contributed by atoms with Crippen molar-refractivity contribution in [3.8, 4) is 0 Å². The Morgan fingerprint density at radius 1 is 1.29 bits per heavy atom. The fourth-order valence-electron chi connectivity index (χ4n) is 1.82. The van der Waals surface area contributed by atoms with E-state index in [9.17, 15) is 5.11 Å². The third-order valence-corrected chi connectivity index (χ3v) is 2.64. The Morgan fingerprint density at radius 2 is 2.00 bits per heavy atom. The lowest BCUT2D eigenvalue weighted by atomic mass is 10.1. The van der Waals surface area contributed by atoms with E-state index in [1.165, 1.54) is 5.56 Å². The van der Waals surface area contributed by atoms with Gasteiger partial charge in [-0.15, -0.1) is 0 Å². The molecule has 0 spiro atoms. The maximum Gasteiger partial charge on any atom is 0.0616 e. The van der Waals surface area contributed by atoms with Crippen LogP contribution in [0.25, 0.3) is 0 Å². The SMILES string of the molecule is CCOCC(C)N[C@H](CO)Cc1ccccc1. The summed E-state index contributed by atoms with van der Waals surface area (Å²) >= 11 is 0. The molecule has 0 heterocycles. The van der Waals surface area contributed by atoms with Crippen LogP contribution in [0.15, 0.2) is 30.3 Å². The first-order valence-corrected chi connectivity index (χ1v) is 6.24. The van der Waals surface area contributed by atoms with Gasteiger partial charge >= 0.3 is 0 Å². The van der Waals surface area contributed by atoms with Crippen LogP contribution in [0.3, 0.4) is 0 Å². The molecule has 0 fully saturated rings. The van der Waals surface area contributed by atoms with Crippen molar-refractivity contribution in [2.75, 3.05) is 19.8 Å². The molecule has 1 aromatic rings. The fourth-order valence-corrected chi connectivity index (χ4v) is 1.82. The van der Waals surface area contributed by atoms with Crippen molar-refractivity contribution >= 4 is 0 Å². The second-order valence-electron chi connectivity index (χ2n) is 4.30. The summed E-state index contributed by atoms with van der Waals surface area (Å²) in [5, 5.41) is 12.7. The highest BCUT2D eigenvalue weighted by Gasteiger charge is 2.11. The molecular weight excluding hydrogens is 214 g/mol. The Hall–Kier alpha value is -0.900. The van der Waals surface area contributed by atoms with Gasteiger partial charge in [-0.2, -0.15) is 0 Å². The van der Waals surface area contributed by atoms with E-state index >= 15 is 0 Å². The molecule has 1 aromatic carbocycles. The van der Waals surface area contributed by atoms with Crippen LogP contribution < -0.4 is 5.32 Å². The molecule has 0 bridgehead atoms. The van der Waals surface area contributed by atoms with E-state index in [-0.39, 0.29) is 18.7 Å². The van der Waals surface area contributed by atoms with Crippen LogP contribution in [0.4, 0.5) is 0 Å². The second-order valence-corrected chi connectivity index (χ2v) is 4.30. The Labute approximate surface area is 104 Å². The van der Waals surface area contributed by atoms with E-state index < -0.39 is 0 Å². The van der Waals surface area contributed by atoms with Gasteiger partial charge in [0.15, 0.2) is 0 Å². The zero-order chi connectivity index (χ0) is 12.5. The van der Waals surface area contributed by atoms with Gasteiger partial charge in [-0.3, -0.25) is 0 Å². The molecule has 1 rings (SSSR count). The van der Waals surface area contributed by atoms with Crippen LogP contribution in [-0.4, -0.2) is 37.0 Å². The Kier molecular flexibility index (Phi) is 6.86. The molecule has 2 N–H and O–H groups in total. The lowest BCUT2D eigenvalue weighted by Gasteiger charge is -2.21. The summed E-state index contributed by atoms with van der Waals surface area (Å²) in [6, 6.07) is 10.6. The standard InChI is InChI=1S/C14H23NO2/c1-3-17-11-12(2)15-14(10-16)9-13-7-5-4-6-8-13/h4-8,12,14-16H,3,9-11H2,1-2H3/t12?,14-/m0/s1. The molecule has 0 aromatic heterocycles. The first kappa shape index (κ1) is 14.2. The number of aliphatic hydroxyl groups is 1. The minimum Gasteiger partial charge on any atom is -0.395 e. The van der Waals surface area contributed by atoms with Gasteiger partial charge in [-0.05, 0) is 25.8 Å². The molecule has 0 radical (unpaired) electrons. The third-order valence-electron chi connectivity index (χ3n) is 2.64. The van der Waals surface area contributed by atoms with Gasteiger partial charge in [0.05, 0.1) is 13.2 Å². The van der Waals surface area contributed by atoms with Crippen molar-refractivity contribution in [3.63, 3.8) is 0 Å². The summed E-state index contributed by atoms with van der Waals surface area (Å²) in [7, 11) is 0. The largest absolute Gasteiger partial charge is 0.395 e. The predicted molar refractivity (Wildman–Crippen MR) is 70.1 cm³/mol. The highest BCUT2D eigenvalue weighted by Crippen LogP contribution is 2.03. The molecule has 0 aliphatic heterocycles. The summed E-state index contributed by atoms with van der Waals surface area (Å²) in [5.41, 5.74) is 1.24. The van der Waals surface area contributed by atoms with Gasteiger partial charge in [0, 0.05) is 18.7 Å². The van der Waals surface area contributed by atoms with Crippen molar-refractivity contribution < 1.29 is 9.84 Å². The minimum absolute atomic E-state index is 0.0906. The smallest absolute Gasteiger partial charge is 0.0616 e. The van der Waals surface area contributed by atoms with E-state index in [0.717, 1.165) is 13.0 Å². The van der Waals surface area contributed by atoms with E-state index in [1.54, 1.807) is 0 Å². The average molecular weight is 237 g/mol. The summed E-state index contributed by atoms with van der Waals surface area (Å²) < 4.78 is 5.35. The first-order valence-electron chi connectivity index (χ1n) is 6.24. The van der Waals surface area contributed by atoms with Crippen LogP contribution in [0.5, 0.6) is 0 Å². The molecule has 1 unspecified atom stereocenters. The van der Waals surface area contributed by atoms with Crippen molar-refractivity contribution in [2.45, 2.75) is 32.4 Å². The van der Waals surface area contributed by atoms with Gasteiger partial charge in [0.25, 0.3) is 0 Å². The van der Waals surface area contributed by atoms with Gasteiger partial charge < -0.3 is 15.2 Å². The zero-order valence-corrected chi connectivity index (χ0v) is 10.7. The summed E-state index contributed by atoms with van der Waals surface area (Å²) in [4.78, 5) is 0. The van der Waals surface area contributed by atoms with Crippen LogP contribution in [0, 0.1) is 0 Å². The first-order chi connectivity index (χ1) is 8.26. The van der Waals surface area contributed by atoms with Crippen LogP contribution in [0.1, 0.15) is 19.4 Å². The average Bonchev–Trinajstić information content (AvgIpc) is 2.36. The zero-order valence-electron chi connectivity index (χ0n) is 10.7. The number of nitrogens with one attached hydrogen (secondary N) is 1. The molecule has 2 atom stereocenters. The molecule has 3 heteroatoms. The maximum atomic E-state index is 9.36. The van der Waals surface area contributed by atoms with Crippen LogP contribution in [-0.2, 0) is 11.2 Å². The molecule has 0 saturated heterocycles. The van der Waals surface area contributed by atoms with Crippen molar-refractivity contribution in [1.29, 1.82) is 0 Å². The molecule has 17 heavy (non-hydrogen) atoms. The van der Waals surface area contributed by atoms with Gasteiger partial charge in [0.2, 0.25) is 0 Å². The highest BCUT2D eigenvalue weighted by atomic mass is 16.5. The Bertz CT molecular complexity index is 290. The molecule has 3 nitrogen and oxygen atoms in total. The molecular formula is C14H23NO2. The minimum atomic E-state index is 0.0906. The van der Waals surface area contributed by atoms with Crippen molar-refractivity contribution in [3.05, 3.63) is 35.9 Å². The summed E-state index contributed by atoms with van der Waals surface area (Å²) in [6.07, 6.45) is 0.841. The Balaban J connectivity index is 2.38. The number of ether oxygens (including phenoxy) is 1. The van der Waals surface area contributed by atoms with E-state index in [0.29, 0.717) is 6.61 Å². The summed E-state index contributed by atoms with van der Waals surface area (Å²) in [5.74, 6) is 0. The second kappa shape index (κ2) is 8.23. The van der Waals surface area contributed by atoms with E-state index in [1.807, 2.05) is 25.1 Å². The predicted octanol–water partition coefficient (Wildman–Crippen LogP) is 1.60. The molecule has 0 aliphatic carbocycles. The molecule has 0 aliphatic rings. The third kappa shape index (κ3) is 5.82. The van der Waals surface area contributed by atoms with Gasteiger partial charge in [0.1, 0.15) is 0 Å². The Morgan fingerprint density at radius 3 is 2.59 bits per heavy atom. The summed E-state index contributed by atoms with van der Waals surface area (Å²) in [6.45, 7) is 5.62. The quantitative estimate of drug-likeness (QED) is 0.721. The number of rotatable bonds is 8. The maximum absolute atomic E-state index is 9.36. The van der Waals surface area contributed by atoms with E-state index in [2.05, 4.69) is 24.4 Å². The fraction of sp³-hybridized carbons (Fsp3) is 0.571. The number of aliphatic hydroxyl groups excluding tert-OH is 1. The number of hydrogen-bond acceptors (Lipinski definition) is 3. The monoisotopic (exact) mass is 237 g/mol. The van der Waals surface area contributed by atoms with Crippen LogP contribution >= 0.6 is 0 Å². The highest BCUT2D eigenvalue weighted by molar-refractivity contribution is 5.15. The van der Waals surface area contributed by atoms with E-state index in [4.69, 9.17) is 4.74 Å². The lowest BCUT2D eigenvalue weighted by Crippen LogP contribution is -2.42. The van der Waals surface area contributed by atoms with Crippen molar-refractivity contribution in [1.82, 2.24) is 5.32 Å². The van der Waals surface area contributed by atoms with Gasteiger partial charge in [-0.1, -0.05) is 30.3 Å². The van der Waals surface area contributed by atoms with Crippen LogP contribution in [0.2, 0.25) is 0 Å². The topological polar surface area (TPSA) is 41.5 Å². The van der Waals surface area contributed by atoms with Crippen molar-refractivity contribution in [2.24, 2.45) is 0 Å². The van der Waals surface area contributed by atoms with Gasteiger partial charge in [-0.25, -0.2) is 0 Å². The normalized spacial score (nSPS) is 14.5. The molecule has 0 saturated carbocycles. The molecule has 96 valence electrons. The number of hydrogen-bond donors (Lipinski definition) is 2.